The number of pyridine rings is 1. The number of carbonyl (C=O) groups excluding carboxylic acids is 1. The van der Waals surface area contributed by atoms with Crippen LogP contribution in [0.25, 0.3) is 5.70 Å². The van der Waals surface area contributed by atoms with Crippen molar-refractivity contribution in [1.82, 2.24) is 4.57 Å². The second kappa shape index (κ2) is 6.47. The molecule has 2 aromatic rings. The molecule has 0 saturated heterocycles. The van der Waals surface area contributed by atoms with Crippen molar-refractivity contribution in [2.45, 2.75) is 27.2 Å². The Kier molecular flexibility index (Phi) is 4.47. The number of aromatic nitrogens is 1. The topological polar surface area (TPSA) is 74.9 Å². The lowest BCUT2D eigenvalue weighted by molar-refractivity contribution is -0.114. The fraction of sp³-hybridized carbons (Fsp3) is 0.250. The van der Waals surface area contributed by atoms with Gasteiger partial charge in [0.2, 0.25) is 5.91 Å². The zero-order chi connectivity index (χ0) is 19.1. The van der Waals surface area contributed by atoms with Crippen LogP contribution in [0.4, 0.5) is 5.69 Å². The lowest BCUT2D eigenvalue weighted by Gasteiger charge is -2.30. The van der Waals surface area contributed by atoms with Gasteiger partial charge in [0.05, 0.1) is 22.4 Å². The minimum absolute atomic E-state index is 0.118. The summed E-state index contributed by atoms with van der Waals surface area (Å²) < 4.78 is 1.44. The summed E-state index contributed by atoms with van der Waals surface area (Å²) in [5.74, 6) is -0.346. The predicted octanol–water partition coefficient (Wildman–Crippen LogP) is 3.80. The number of halogens is 1. The molecule has 0 unspecified atom stereocenters. The van der Waals surface area contributed by atoms with Gasteiger partial charge in [-0.3, -0.25) is 14.2 Å². The SMILES string of the molecule is CC(=O)Nc1cc(Cl)cn(C2=CC(C)(C)Cc3ccc(C#N)cc32)c1=O. The molecule has 0 atom stereocenters. The molecule has 1 heterocycles. The van der Waals surface area contributed by atoms with Crippen LogP contribution in [0.5, 0.6) is 0 Å². The molecule has 0 fully saturated rings. The summed E-state index contributed by atoms with van der Waals surface area (Å²) >= 11 is 6.19. The third-order valence-electron chi connectivity index (χ3n) is 4.24. The van der Waals surface area contributed by atoms with Gasteiger partial charge in [-0.25, -0.2) is 0 Å². The van der Waals surface area contributed by atoms with Crippen LogP contribution in [0.15, 0.2) is 41.3 Å². The molecule has 26 heavy (non-hydrogen) atoms. The minimum Gasteiger partial charge on any atom is -0.322 e. The molecule has 1 aromatic carbocycles. The molecule has 1 aliphatic rings. The molecule has 1 N–H and O–H groups in total. The number of hydrogen-bond acceptors (Lipinski definition) is 3. The lowest BCUT2D eigenvalue weighted by Crippen LogP contribution is -2.28. The fourth-order valence-electron chi connectivity index (χ4n) is 3.23. The molecule has 0 radical (unpaired) electrons. The van der Waals surface area contributed by atoms with Crippen molar-refractivity contribution >= 4 is 28.9 Å². The maximum atomic E-state index is 12.9. The summed E-state index contributed by atoms with van der Waals surface area (Å²) in [5.41, 5.74) is 2.63. The van der Waals surface area contributed by atoms with Crippen LogP contribution < -0.4 is 10.9 Å². The van der Waals surface area contributed by atoms with Gasteiger partial charge in [0.1, 0.15) is 5.69 Å². The van der Waals surface area contributed by atoms with E-state index in [0.717, 1.165) is 17.5 Å². The Bertz CT molecular complexity index is 1040. The zero-order valence-electron chi connectivity index (χ0n) is 14.8. The Morgan fingerprint density at radius 2 is 2.08 bits per heavy atom. The van der Waals surface area contributed by atoms with E-state index in [-0.39, 0.29) is 22.6 Å². The van der Waals surface area contributed by atoms with E-state index < -0.39 is 0 Å². The third-order valence-corrected chi connectivity index (χ3v) is 4.45. The highest BCUT2D eigenvalue weighted by atomic mass is 35.5. The first kappa shape index (κ1) is 18.0. The van der Waals surface area contributed by atoms with Crippen LogP contribution >= 0.6 is 11.6 Å². The van der Waals surface area contributed by atoms with Gasteiger partial charge in [0, 0.05) is 18.7 Å². The van der Waals surface area contributed by atoms with E-state index in [1.54, 1.807) is 12.1 Å². The molecule has 0 saturated carbocycles. The molecule has 0 spiro atoms. The quantitative estimate of drug-likeness (QED) is 0.877. The number of nitrogens with one attached hydrogen (secondary N) is 1. The number of carbonyl (C=O) groups is 1. The standard InChI is InChI=1S/C20H18ClN3O2/c1-12(25)23-17-7-15(21)11-24(19(17)26)18-9-20(2,3)8-14-5-4-13(10-22)6-16(14)18/h4-7,9,11H,8H2,1-3H3,(H,23,25). The summed E-state index contributed by atoms with van der Waals surface area (Å²) in [6, 6.07) is 9.05. The van der Waals surface area contributed by atoms with E-state index in [0.29, 0.717) is 16.3 Å². The maximum absolute atomic E-state index is 12.9. The highest BCUT2D eigenvalue weighted by molar-refractivity contribution is 6.30. The summed E-state index contributed by atoms with van der Waals surface area (Å²) in [6.07, 6.45) is 4.34. The molecular formula is C20H18ClN3O2. The van der Waals surface area contributed by atoms with E-state index in [1.165, 1.54) is 23.8 Å². The van der Waals surface area contributed by atoms with Crippen molar-refractivity contribution in [2.75, 3.05) is 5.32 Å². The van der Waals surface area contributed by atoms with Gasteiger partial charge < -0.3 is 5.32 Å². The van der Waals surface area contributed by atoms with Crippen molar-refractivity contribution < 1.29 is 4.79 Å². The van der Waals surface area contributed by atoms with Crippen LogP contribution in [0.2, 0.25) is 5.02 Å². The first-order valence-electron chi connectivity index (χ1n) is 8.16. The molecule has 3 rings (SSSR count). The third kappa shape index (κ3) is 3.42. The number of hydrogen-bond donors (Lipinski definition) is 1. The minimum atomic E-state index is -0.373. The summed E-state index contributed by atoms with van der Waals surface area (Å²) in [7, 11) is 0. The van der Waals surface area contributed by atoms with Crippen molar-refractivity contribution in [3.8, 4) is 6.07 Å². The molecule has 0 aliphatic heterocycles. The van der Waals surface area contributed by atoms with E-state index in [1.807, 2.05) is 12.1 Å². The Morgan fingerprint density at radius 1 is 1.35 bits per heavy atom. The molecule has 0 bridgehead atoms. The number of allylic oxidation sites excluding steroid dienone is 1. The fourth-order valence-corrected chi connectivity index (χ4v) is 3.44. The first-order valence-corrected chi connectivity index (χ1v) is 8.54. The largest absolute Gasteiger partial charge is 0.322 e. The van der Waals surface area contributed by atoms with Crippen molar-refractivity contribution in [2.24, 2.45) is 5.41 Å². The molecule has 5 nitrogen and oxygen atoms in total. The van der Waals surface area contributed by atoms with Crippen molar-refractivity contribution in [3.05, 3.63) is 68.6 Å². The molecule has 132 valence electrons. The number of nitrogens with zero attached hydrogens (tertiary/aromatic N) is 2. The highest BCUT2D eigenvalue weighted by Gasteiger charge is 2.27. The van der Waals surface area contributed by atoms with Gasteiger partial charge in [-0.2, -0.15) is 5.26 Å². The molecular weight excluding hydrogens is 350 g/mol. The average Bonchev–Trinajstić information content (AvgIpc) is 2.55. The Balaban J connectivity index is 2.28. The monoisotopic (exact) mass is 367 g/mol. The Morgan fingerprint density at radius 3 is 2.73 bits per heavy atom. The van der Waals surface area contributed by atoms with Gasteiger partial charge >= 0.3 is 0 Å². The van der Waals surface area contributed by atoms with Gasteiger partial charge in [-0.05, 0) is 35.6 Å². The number of fused-ring (bicyclic) bond motifs is 1. The number of nitriles is 1. The smallest absolute Gasteiger partial charge is 0.278 e. The number of benzene rings is 1. The Labute approximate surface area is 156 Å². The normalized spacial score (nSPS) is 14.8. The Hall–Kier alpha value is -2.84. The van der Waals surface area contributed by atoms with Gasteiger partial charge in [0.15, 0.2) is 0 Å². The van der Waals surface area contributed by atoms with Crippen LogP contribution in [0.3, 0.4) is 0 Å². The van der Waals surface area contributed by atoms with E-state index in [9.17, 15) is 14.9 Å². The molecule has 1 amide bonds. The average molecular weight is 368 g/mol. The number of anilines is 1. The second-order valence-electron chi connectivity index (χ2n) is 7.11. The zero-order valence-corrected chi connectivity index (χ0v) is 15.5. The number of amides is 1. The first-order chi connectivity index (χ1) is 12.2. The van der Waals surface area contributed by atoms with E-state index in [4.69, 9.17) is 11.6 Å². The van der Waals surface area contributed by atoms with Crippen LogP contribution in [0, 0.1) is 16.7 Å². The molecule has 1 aliphatic carbocycles. The summed E-state index contributed by atoms with van der Waals surface area (Å²) in [5, 5.41) is 12.1. The van der Waals surface area contributed by atoms with Gasteiger partial charge in [-0.1, -0.05) is 37.6 Å². The van der Waals surface area contributed by atoms with Crippen LogP contribution in [-0.4, -0.2) is 10.5 Å². The maximum Gasteiger partial charge on any atom is 0.278 e. The molecule has 6 heteroatoms. The van der Waals surface area contributed by atoms with Crippen LogP contribution in [-0.2, 0) is 11.2 Å². The summed E-state index contributed by atoms with van der Waals surface area (Å²) in [4.78, 5) is 24.3. The van der Waals surface area contributed by atoms with Gasteiger partial charge in [0.25, 0.3) is 5.56 Å². The highest BCUT2D eigenvalue weighted by Crippen LogP contribution is 2.37. The van der Waals surface area contributed by atoms with Crippen molar-refractivity contribution in [1.29, 1.82) is 5.26 Å². The van der Waals surface area contributed by atoms with Crippen LogP contribution in [0.1, 0.15) is 37.5 Å². The lowest BCUT2D eigenvalue weighted by atomic mass is 9.77. The predicted molar refractivity (Wildman–Crippen MR) is 102 cm³/mol. The van der Waals surface area contributed by atoms with E-state index in [2.05, 4.69) is 25.2 Å². The number of rotatable bonds is 2. The molecule has 1 aromatic heterocycles. The van der Waals surface area contributed by atoms with E-state index >= 15 is 0 Å². The van der Waals surface area contributed by atoms with Gasteiger partial charge in [-0.15, -0.1) is 0 Å². The van der Waals surface area contributed by atoms with Crippen molar-refractivity contribution in [3.63, 3.8) is 0 Å². The summed E-state index contributed by atoms with van der Waals surface area (Å²) in [6.45, 7) is 5.50. The second-order valence-corrected chi connectivity index (χ2v) is 7.54.